The lowest BCUT2D eigenvalue weighted by Crippen LogP contribution is -2.54. The molecule has 142 valence electrons. The second-order valence-corrected chi connectivity index (χ2v) is 8.24. The summed E-state index contributed by atoms with van der Waals surface area (Å²) in [6, 6.07) is 0. The van der Waals surface area contributed by atoms with Crippen molar-refractivity contribution < 1.29 is 28.9 Å². The minimum Gasteiger partial charge on any atom is -0.393 e. The molecular formula is C21H22O6. The minimum absolute atomic E-state index is 0.0577. The van der Waals surface area contributed by atoms with Crippen LogP contribution in [0.1, 0.15) is 38.5 Å². The van der Waals surface area contributed by atoms with Crippen molar-refractivity contribution in [3.63, 3.8) is 0 Å². The fraction of sp³-hybridized carbons (Fsp3) is 0.524. The molecule has 3 heterocycles. The van der Waals surface area contributed by atoms with E-state index in [0.29, 0.717) is 38.5 Å². The maximum atomic E-state index is 11.5. The summed E-state index contributed by atoms with van der Waals surface area (Å²) in [6.45, 7) is 0. The number of rotatable bonds is 0. The Bertz CT molecular complexity index is 723. The number of hydrogen-bond donors (Lipinski definition) is 1. The summed E-state index contributed by atoms with van der Waals surface area (Å²) in [5, 5.41) is 10.6. The average Bonchev–Trinajstić information content (AvgIpc) is 3.12. The van der Waals surface area contributed by atoms with Gasteiger partial charge in [-0.05, 0) is 61.4 Å². The van der Waals surface area contributed by atoms with Crippen LogP contribution in [0.5, 0.6) is 0 Å². The topological polar surface area (TPSA) is 82.1 Å². The molecule has 2 unspecified atom stereocenters. The van der Waals surface area contributed by atoms with Crippen molar-refractivity contribution >= 4 is 11.6 Å². The number of allylic oxidation sites excluding steroid dienone is 4. The van der Waals surface area contributed by atoms with Gasteiger partial charge in [-0.2, -0.15) is 0 Å². The molecule has 2 aliphatic carbocycles. The molecule has 3 atom stereocenters. The van der Waals surface area contributed by atoms with Crippen LogP contribution < -0.4 is 0 Å². The summed E-state index contributed by atoms with van der Waals surface area (Å²) in [5.74, 6) is -2.01. The van der Waals surface area contributed by atoms with Gasteiger partial charge in [-0.1, -0.05) is 0 Å². The predicted octanol–water partition coefficient (Wildman–Crippen LogP) is 2.04. The SMILES string of the molecule is O=C1C=CC2(C=C1)CCC1(CC(O)C[C@]3(CCC4(C=CC(=O)C=C4)O3)O1)O2. The maximum Gasteiger partial charge on any atom is 0.178 e. The molecule has 6 heteroatoms. The lowest BCUT2D eigenvalue weighted by Gasteiger charge is -2.47. The molecule has 0 saturated carbocycles. The van der Waals surface area contributed by atoms with Gasteiger partial charge >= 0.3 is 0 Å². The highest BCUT2D eigenvalue weighted by Gasteiger charge is 2.60. The number of carbonyl (C=O) groups excluding carboxylic acids is 2. The van der Waals surface area contributed by atoms with E-state index in [0.717, 1.165) is 0 Å². The van der Waals surface area contributed by atoms with Crippen molar-refractivity contribution in [1.29, 1.82) is 0 Å². The molecule has 0 aromatic rings. The van der Waals surface area contributed by atoms with E-state index in [1.54, 1.807) is 24.3 Å². The summed E-state index contributed by atoms with van der Waals surface area (Å²) in [4.78, 5) is 22.9. The van der Waals surface area contributed by atoms with Gasteiger partial charge < -0.3 is 19.3 Å². The normalized spacial score (nSPS) is 41.0. The molecule has 6 nitrogen and oxygen atoms in total. The van der Waals surface area contributed by atoms with E-state index in [4.69, 9.17) is 14.2 Å². The van der Waals surface area contributed by atoms with Crippen LogP contribution in [0, 0.1) is 0 Å². The van der Waals surface area contributed by atoms with Gasteiger partial charge in [0.25, 0.3) is 0 Å². The van der Waals surface area contributed by atoms with Gasteiger partial charge in [0.1, 0.15) is 11.2 Å². The zero-order valence-corrected chi connectivity index (χ0v) is 14.9. The van der Waals surface area contributed by atoms with E-state index in [1.807, 2.05) is 0 Å². The summed E-state index contributed by atoms with van der Waals surface area (Å²) in [5.41, 5.74) is -1.33. The quantitative estimate of drug-likeness (QED) is 0.703. The lowest BCUT2D eigenvalue weighted by molar-refractivity contribution is -0.386. The van der Waals surface area contributed by atoms with Crippen molar-refractivity contribution in [2.24, 2.45) is 0 Å². The van der Waals surface area contributed by atoms with Gasteiger partial charge in [-0.25, -0.2) is 0 Å². The molecule has 0 aromatic heterocycles. The first-order valence-corrected chi connectivity index (χ1v) is 9.47. The lowest BCUT2D eigenvalue weighted by atomic mass is 9.90. The molecule has 27 heavy (non-hydrogen) atoms. The Morgan fingerprint density at radius 1 is 0.704 bits per heavy atom. The molecule has 5 rings (SSSR count). The molecule has 0 aromatic carbocycles. The summed E-state index contributed by atoms with van der Waals surface area (Å²) < 4.78 is 19.1. The standard InChI is InChI=1S/C21H22O6/c22-15-1-5-18(6-2-15)9-11-20(25-18)13-17(24)14-21(27-20)12-10-19(26-21)7-3-16(23)4-8-19/h1-8,17,24H,9-14H2/t17?,20-,21?/m0/s1. The summed E-state index contributed by atoms with van der Waals surface area (Å²) in [6.07, 6.45) is 15.9. The Balaban J connectivity index is 1.40. The zero-order valence-electron chi connectivity index (χ0n) is 14.9. The minimum atomic E-state index is -0.948. The number of ketones is 2. The van der Waals surface area contributed by atoms with Crippen LogP contribution in [0.25, 0.3) is 0 Å². The van der Waals surface area contributed by atoms with Crippen molar-refractivity contribution in [2.75, 3.05) is 0 Å². The van der Waals surface area contributed by atoms with E-state index in [-0.39, 0.29) is 11.6 Å². The molecule has 3 fully saturated rings. The monoisotopic (exact) mass is 370 g/mol. The number of aliphatic hydroxyl groups is 1. The van der Waals surface area contributed by atoms with Gasteiger partial charge in [0, 0.05) is 25.7 Å². The average molecular weight is 370 g/mol. The fourth-order valence-electron chi connectivity index (χ4n) is 4.90. The van der Waals surface area contributed by atoms with Gasteiger partial charge in [-0.15, -0.1) is 0 Å². The predicted molar refractivity (Wildman–Crippen MR) is 94.5 cm³/mol. The van der Waals surface area contributed by atoms with Gasteiger partial charge in [-0.3, -0.25) is 9.59 Å². The molecular weight excluding hydrogens is 348 g/mol. The highest BCUT2D eigenvalue weighted by atomic mass is 16.8. The number of ether oxygens (including phenoxy) is 3. The van der Waals surface area contributed by atoms with E-state index in [9.17, 15) is 14.7 Å². The van der Waals surface area contributed by atoms with Crippen molar-refractivity contribution in [3.8, 4) is 0 Å². The molecule has 0 amide bonds. The summed E-state index contributed by atoms with van der Waals surface area (Å²) in [7, 11) is 0. The first kappa shape index (κ1) is 17.3. The highest BCUT2D eigenvalue weighted by molar-refractivity contribution is 6.01. The van der Waals surface area contributed by atoms with Crippen LogP contribution in [0.3, 0.4) is 0 Å². The molecule has 5 aliphatic rings. The Morgan fingerprint density at radius 2 is 1.11 bits per heavy atom. The van der Waals surface area contributed by atoms with Gasteiger partial charge in [0.05, 0.1) is 6.10 Å². The van der Waals surface area contributed by atoms with Crippen LogP contribution in [0.15, 0.2) is 48.6 Å². The second-order valence-electron chi connectivity index (χ2n) is 8.24. The third-order valence-corrected chi connectivity index (χ3v) is 6.13. The Kier molecular flexibility index (Phi) is 3.56. The molecule has 3 saturated heterocycles. The Morgan fingerprint density at radius 3 is 1.52 bits per heavy atom. The van der Waals surface area contributed by atoms with Gasteiger partial charge in [0.2, 0.25) is 0 Å². The number of carbonyl (C=O) groups is 2. The largest absolute Gasteiger partial charge is 0.393 e. The molecule has 0 bridgehead atoms. The van der Waals surface area contributed by atoms with E-state index in [1.165, 1.54) is 24.3 Å². The van der Waals surface area contributed by atoms with Crippen molar-refractivity contribution in [2.45, 2.75) is 67.4 Å². The molecule has 4 spiro atoms. The third kappa shape index (κ3) is 2.88. The van der Waals surface area contributed by atoms with Crippen molar-refractivity contribution in [3.05, 3.63) is 48.6 Å². The van der Waals surface area contributed by atoms with Crippen LogP contribution in [-0.2, 0) is 23.8 Å². The second kappa shape index (κ2) is 5.58. The van der Waals surface area contributed by atoms with Gasteiger partial charge in [0.15, 0.2) is 23.1 Å². The first-order valence-electron chi connectivity index (χ1n) is 9.47. The van der Waals surface area contributed by atoms with Crippen molar-refractivity contribution in [1.82, 2.24) is 0 Å². The molecule has 1 N–H and O–H groups in total. The highest BCUT2D eigenvalue weighted by Crippen LogP contribution is 2.54. The van der Waals surface area contributed by atoms with Crippen LogP contribution >= 0.6 is 0 Å². The third-order valence-electron chi connectivity index (χ3n) is 6.13. The number of aliphatic hydroxyl groups excluding tert-OH is 1. The maximum absolute atomic E-state index is 11.5. The van der Waals surface area contributed by atoms with E-state index >= 15 is 0 Å². The number of hydrogen-bond acceptors (Lipinski definition) is 6. The molecule has 3 aliphatic heterocycles. The fourth-order valence-corrected chi connectivity index (χ4v) is 4.90. The summed E-state index contributed by atoms with van der Waals surface area (Å²) >= 11 is 0. The molecule has 0 radical (unpaired) electrons. The zero-order chi connectivity index (χ0) is 18.8. The van der Waals surface area contributed by atoms with E-state index < -0.39 is 28.9 Å². The van der Waals surface area contributed by atoms with Crippen LogP contribution in [0.2, 0.25) is 0 Å². The van der Waals surface area contributed by atoms with Crippen LogP contribution in [0.4, 0.5) is 0 Å². The van der Waals surface area contributed by atoms with E-state index in [2.05, 4.69) is 0 Å². The van der Waals surface area contributed by atoms with Crippen LogP contribution in [-0.4, -0.2) is 45.6 Å². The smallest absolute Gasteiger partial charge is 0.178 e. The Labute approximate surface area is 157 Å². The first-order chi connectivity index (χ1) is 12.8. The Hall–Kier alpha value is -1.86.